The molecular weight excluding hydrogens is 347 g/mol. The molecule has 3 rings (SSSR count). The van der Waals surface area contributed by atoms with E-state index in [1.54, 1.807) is 6.07 Å². The maximum atomic E-state index is 13.2. The van der Waals surface area contributed by atoms with Crippen LogP contribution in [0.15, 0.2) is 23.9 Å². The molecule has 2 aromatic rings. The van der Waals surface area contributed by atoms with Crippen LogP contribution in [0, 0.1) is 11.7 Å². The van der Waals surface area contributed by atoms with Gasteiger partial charge in [0.05, 0.1) is 5.02 Å². The monoisotopic (exact) mass is 366 g/mol. The largest absolute Gasteiger partial charge is 0.375 e. The molecule has 0 saturated carbocycles. The van der Waals surface area contributed by atoms with E-state index in [0.717, 1.165) is 19.0 Å². The van der Waals surface area contributed by atoms with Gasteiger partial charge in [-0.1, -0.05) is 18.5 Å². The van der Waals surface area contributed by atoms with Gasteiger partial charge in [-0.3, -0.25) is 0 Å². The average molecular weight is 367 g/mol. The van der Waals surface area contributed by atoms with Crippen molar-refractivity contribution in [3.8, 4) is 0 Å². The zero-order valence-electron chi connectivity index (χ0n) is 13.7. The molecular formula is C17H20ClFN4S. The maximum absolute atomic E-state index is 13.2. The first kappa shape index (κ1) is 17.2. The van der Waals surface area contributed by atoms with Crippen LogP contribution in [-0.2, 0) is 0 Å². The molecule has 0 unspecified atom stereocenters. The zero-order chi connectivity index (χ0) is 17.1. The van der Waals surface area contributed by atoms with Gasteiger partial charge in [0.25, 0.3) is 0 Å². The normalized spacial score (nSPS) is 16.5. The summed E-state index contributed by atoms with van der Waals surface area (Å²) in [5, 5.41) is 3.84. The molecule has 0 atom stereocenters. The number of anilines is 2. The number of hydrogen-bond acceptors (Lipinski definition) is 5. The van der Waals surface area contributed by atoms with Crippen LogP contribution in [-0.4, -0.2) is 27.3 Å². The quantitative estimate of drug-likeness (QED) is 0.810. The van der Waals surface area contributed by atoms with Gasteiger partial charge in [0.15, 0.2) is 5.82 Å². The third-order valence-corrected chi connectivity index (χ3v) is 5.17. The number of hydrogen-bond donors (Lipinski definition) is 1. The van der Waals surface area contributed by atoms with Gasteiger partial charge >= 0.3 is 0 Å². The van der Waals surface area contributed by atoms with Crippen molar-refractivity contribution < 1.29 is 4.39 Å². The summed E-state index contributed by atoms with van der Waals surface area (Å²) in [5.41, 5.74) is 1.88. The first-order valence-corrected chi connectivity index (χ1v) is 9.15. The molecule has 2 heterocycles. The number of aromatic nitrogens is 2. The number of allylic oxidation sites excluding steroid dienone is 1. The number of likely N-dealkylation sites (tertiary alicyclic amines) is 1. The number of nitrogens with one attached hydrogen (secondary N) is 1. The van der Waals surface area contributed by atoms with Crippen LogP contribution in [0.5, 0.6) is 0 Å². The molecule has 1 saturated heterocycles. The van der Waals surface area contributed by atoms with E-state index in [0.29, 0.717) is 16.6 Å². The van der Waals surface area contributed by atoms with Crippen LogP contribution in [0.3, 0.4) is 0 Å². The first-order valence-electron chi connectivity index (χ1n) is 8.00. The van der Waals surface area contributed by atoms with Crippen molar-refractivity contribution in [2.75, 3.05) is 18.4 Å². The van der Waals surface area contributed by atoms with Gasteiger partial charge in [0, 0.05) is 42.1 Å². The van der Waals surface area contributed by atoms with E-state index in [-0.39, 0.29) is 5.02 Å². The Morgan fingerprint density at radius 1 is 1.42 bits per heavy atom. The minimum absolute atomic E-state index is 0.0832. The molecule has 1 fully saturated rings. The van der Waals surface area contributed by atoms with Gasteiger partial charge in [0.1, 0.15) is 5.82 Å². The summed E-state index contributed by atoms with van der Waals surface area (Å²) in [6, 6.07) is 4.49. The average Bonchev–Trinajstić information content (AvgIpc) is 2.98. The maximum Gasteiger partial charge on any atom is 0.207 e. The summed E-state index contributed by atoms with van der Waals surface area (Å²) in [7, 11) is 0. The molecule has 0 bridgehead atoms. The van der Waals surface area contributed by atoms with Gasteiger partial charge in [-0.2, -0.15) is 9.36 Å². The molecule has 0 radical (unpaired) electrons. The van der Waals surface area contributed by atoms with Crippen LogP contribution in [0.1, 0.15) is 32.5 Å². The SMILES string of the molecule is CC(=Cc1nsc(Nc2ccc(F)c(Cl)c2)n1)N1CCC(C)CC1. The van der Waals surface area contributed by atoms with Gasteiger partial charge in [-0.25, -0.2) is 4.39 Å². The minimum atomic E-state index is -0.436. The molecule has 0 aliphatic carbocycles. The van der Waals surface area contributed by atoms with Crippen LogP contribution in [0.25, 0.3) is 6.08 Å². The van der Waals surface area contributed by atoms with Crippen LogP contribution in [0.2, 0.25) is 5.02 Å². The second-order valence-corrected chi connectivity index (χ2v) is 7.33. The first-order chi connectivity index (χ1) is 11.5. The van der Waals surface area contributed by atoms with E-state index in [1.807, 2.05) is 6.08 Å². The fourth-order valence-electron chi connectivity index (χ4n) is 2.68. The number of piperidine rings is 1. The lowest BCUT2D eigenvalue weighted by atomic mass is 9.99. The Morgan fingerprint density at radius 3 is 2.88 bits per heavy atom. The second kappa shape index (κ2) is 7.49. The van der Waals surface area contributed by atoms with Crippen LogP contribution < -0.4 is 5.32 Å². The molecule has 128 valence electrons. The van der Waals surface area contributed by atoms with Gasteiger partial charge < -0.3 is 10.2 Å². The van der Waals surface area contributed by atoms with Crippen molar-refractivity contribution in [3.63, 3.8) is 0 Å². The predicted octanol–water partition coefficient (Wildman–Crippen LogP) is 5.17. The molecule has 1 aromatic heterocycles. The molecule has 7 heteroatoms. The molecule has 0 spiro atoms. The second-order valence-electron chi connectivity index (χ2n) is 6.17. The Balaban J connectivity index is 1.66. The lowest BCUT2D eigenvalue weighted by Gasteiger charge is -2.32. The third kappa shape index (κ3) is 4.24. The Kier molecular flexibility index (Phi) is 5.36. The molecule has 1 aliphatic rings. The molecule has 1 aliphatic heterocycles. The Morgan fingerprint density at radius 2 is 2.17 bits per heavy atom. The lowest BCUT2D eigenvalue weighted by molar-refractivity contribution is 0.239. The van der Waals surface area contributed by atoms with Crippen molar-refractivity contribution in [3.05, 3.63) is 40.6 Å². The molecule has 1 N–H and O–H groups in total. The van der Waals surface area contributed by atoms with E-state index in [1.165, 1.54) is 42.2 Å². The van der Waals surface area contributed by atoms with Gasteiger partial charge in [0.2, 0.25) is 5.13 Å². The van der Waals surface area contributed by atoms with Crippen molar-refractivity contribution in [1.82, 2.24) is 14.3 Å². The summed E-state index contributed by atoms with van der Waals surface area (Å²) in [6.45, 7) is 6.58. The van der Waals surface area contributed by atoms with Gasteiger partial charge in [-0.15, -0.1) is 0 Å². The lowest BCUT2D eigenvalue weighted by Crippen LogP contribution is -2.31. The van der Waals surface area contributed by atoms with Crippen LogP contribution in [0.4, 0.5) is 15.2 Å². The standard InChI is InChI=1S/C17H20ClFN4S/c1-11-5-7-23(8-6-11)12(2)9-16-21-17(24-22-16)20-13-3-4-15(19)14(18)10-13/h3-4,9-11H,5-8H2,1-2H3,(H,20,21,22). The number of halogens is 2. The highest BCUT2D eigenvalue weighted by molar-refractivity contribution is 7.09. The van der Waals surface area contributed by atoms with Crippen molar-refractivity contribution in [2.24, 2.45) is 5.92 Å². The molecule has 4 nitrogen and oxygen atoms in total. The van der Waals surface area contributed by atoms with E-state index < -0.39 is 5.82 Å². The highest BCUT2D eigenvalue weighted by atomic mass is 35.5. The third-order valence-electron chi connectivity index (χ3n) is 4.23. The molecule has 0 amide bonds. The van der Waals surface area contributed by atoms with E-state index in [2.05, 4.69) is 33.4 Å². The number of rotatable bonds is 4. The summed E-state index contributed by atoms with van der Waals surface area (Å²) in [5.74, 6) is 1.06. The highest BCUT2D eigenvalue weighted by Gasteiger charge is 2.16. The highest BCUT2D eigenvalue weighted by Crippen LogP contribution is 2.25. The van der Waals surface area contributed by atoms with E-state index >= 15 is 0 Å². The van der Waals surface area contributed by atoms with E-state index in [4.69, 9.17) is 11.6 Å². The predicted molar refractivity (Wildman–Crippen MR) is 98.2 cm³/mol. The summed E-state index contributed by atoms with van der Waals surface area (Å²) in [4.78, 5) is 6.85. The minimum Gasteiger partial charge on any atom is -0.375 e. The Bertz CT molecular complexity index is 738. The van der Waals surface area contributed by atoms with Gasteiger partial charge in [-0.05, 0) is 43.9 Å². The van der Waals surface area contributed by atoms with Crippen molar-refractivity contribution in [1.29, 1.82) is 0 Å². The fourth-order valence-corrected chi connectivity index (χ4v) is 3.43. The molecule has 1 aromatic carbocycles. The summed E-state index contributed by atoms with van der Waals surface area (Å²) in [6.07, 6.45) is 4.47. The number of nitrogens with zero attached hydrogens (tertiary/aromatic N) is 3. The zero-order valence-corrected chi connectivity index (χ0v) is 15.3. The smallest absolute Gasteiger partial charge is 0.207 e. The summed E-state index contributed by atoms with van der Waals surface area (Å²) < 4.78 is 17.5. The fraction of sp³-hybridized carbons (Fsp3) is 0.412. The Hall–Kier alpha value is -1.66. The van der Waals surface area contributed by atoms with E-state index in [9.17, 15) is 4.39 Å². The molecule has 24 heavy (non-hydrogen) atoms. The Labute approximate surface area is 150 Å². The van der Waals surface area contributed by atoms with Crippen molar-refractivity contribution >= 4 is 40.0 Å². The summed E-state index contributed by atoms with van der Waals surface area (Å²) >= 11 is 7.06. The van der Waals surface area contributed by atoms with Crippen molar-refractivity contribution in [2.45, 2.75) is 26.7 Å². The number of benzene rings is 1. The topological polar surface area (TPSA) is 41.1 Å². The van der Waals surface area contributed by atoms with Crippen LogP contribution >= 0.6 is 23.1 Å².